The van der Waals surface area contributed by atoms with Crippen molar-refractivity contribution in [2.75, 3.05) is 0 Å². The van der Waals surface area contributed by atoms with E-state index < -0.39 is 10.4 Å². The fraction of sp³-hybridized carbons (Fsp3) is 0. The van der Waals surface area contributed by atoms with E-state index in [2.05, 4.69) is 0 Å². The van der Waals surface area contributed by atoms with Gasteiger partial charge in [0.25, 0.3) is 0 Å². The average molecular weight is 130 g/mol. The highest BCUT2D eigenvalue weighted by Gasteiger charge is 1.49. The molecule has 0 aromatic heterocycles. The van der Waals surface area contributed by atoms with E-state index in [0.29, 0.717) is 0 Å². The van der Waals surface area contributed by atoms with Crippen LogP contribution < -0.4 is 0 Å². The molecule has 0 heterocycles. The molecule has 0 unspecified atom stereocenters. The Balaban J connectivity index is 0. The van der Waals surface area contributed by atoms with Crippen molar-refractivity contribution in [3.8, 4) is 0 Å². The predicted molar refractivity (Wildman–Crippen MR) is 15.7 cm³/mol. The van der Waals surface area contributed by atoms with Crippen LogP contribution in [0, 0.1) is 0 Å². The number of hydrogen-bond donors (Lipinski definition) is 2. The topological polar surface area (TPSA) is 121 Å². The lowest BCUT2D eigenvalue weighted by atomic mass is 15.0. The zero-order chi connectivity index (χ0) is 6.50. The van der Waals surface area contributed by atoms with Gasteiger partial charge in [0.05, 0.1) is 0 Å². The smallest absolute Gasteiger partial charge is 0.0311 e. The van der Waals surface area contributed by atoms with Crippen LogP contribution in [-0.4, -0.2) is 28.0 Å². The van der Waals surface area contributed by atoms with E-state index in [-0.39, 0.29) is 0 Å². The molecule has 0 saturated heterocycles. The zero-order valence-electron chi connectivity index (χ0n) is 2.94. The van der Waals surface area contributed by atoms with Gasteiger partial charge < -0.3 is 9.11 Å². The first kappa shape index (κ1) is 9.92. The molecular formula is H2O6S-2. The van der Waals surface area contributed by atoms with Gasteiger partial charge in [-0.15, -0.1) is 0 Å². The van der Waals surface area contributed by atoms with E-state index in [9.17, 15) is 0 Å². The molecular weight excluding hydrogens is 128 g/mol. The van der Waals surface area contributed by atoms with E-state index in [1.807, 2.05) is 0 Å². The number of hydrogen-bond acceptors (Lipinski definition) is 6. The van der Waals surface area contributed by atoms with Gasteiger partial charge in [0, 0.05) is 10.4 Å². The minimum Gasteiger partial charge on any atom is -0.759 e. The summed E-state index contributed by atoms with van der Waals surface area (Å²) in [4.78, 5) is 0. The van der Waals surface area contributed by atoms with Crippen molar-refractivity contribution in [1.29, 1.82) is 0 Å². The van der Waals surface area contributed by atoms with Crippen LogP contribution in [0.2, 0.25) is 0 Å². The summed E-state index contributed by atoms with van der Waals surface area (Å²) < 4.78 is 34.1. The molecule has 46 valence electrons. The van der Waals surface area contributed by atoms with Gasteiger partial charge in [-0.2, -0.15) is 0 Å². The van der Waals surface area contributed by atoms with Gasteiger partial charge in [-0.05, 0) is 0 Å². The molecule has 0 saturated carbocycles. The second-order valence-corrected chi connectivity index (χ2v) is 1.22. The maximum atomic E-state index is 8.52. The van der Waals surface area contributed by atoms with Crippen LogP contribution in [-0.2, 0) is 10.4 Å². The minimum absolute atomic E-state index is 5.17. The summed E-state index contributed by atoms with van der Waals surface area (Å²) in [7, 11) is -5.17. The molecule has 0 aliphatic rings. The molecule has 0 rings (SSSR count). The molecule has 6 nitrogen and oxygen atoms in total. The SMILES string of the molecule is O=S(=O)([O-])[O-].OO. The normalized spacial score (nSPS) is 9.14. The Morgan fingerprint density at radius 2 is 1.14 bits per heavy atom. The van der Waals surface area contributed by atoms with Crippen molar-refractivity contribution < 1.29 is 28.0 Å². The van der Waals surface area contributed by atoms with Crippen molar-refractivity contribution >= 4 is 10.4 Å². The van der Waals surface area contributed by atoms with Crippen molar-refractivity contribution in [2.45, 2.75) is 0 Å². The Hall–Kier alpha value is -0.210. The van der Waals surface area contributed by atoms with Crippen LogP contribution in [0.4, 0.5) is 0 Å². The Morgan fingerprint density at radius 1 is 1.14 bits per heavy atom. The number of rotatable bonds is 0. The minimum atomic E-state index is -5.17. The summed E-state index contributed by atoms with van der Waals surface area (Å²) >= 11 is 0. The van der Waals surface area contributed by atoms with Crippen LogP contribution >= 0.6 is 0 Å². The standard InChI is InChI=1S/H2O4S.H2O2/c1-5(2,3)4;1-2/h(H2,1,2,3,4);1-2H/p-2. The third-order valence-corrected chi connectivity index (χ3v) is 0. The highest BCUT2D eigenvalue weighted by Crippen LogP contribution is 1.57. The summed E-state index contributed by atoms with van der Waals surface area (Å²) in [6.45, 7) is 0. The van der Waals surface area contributed by atoms with E-state index >= 15 is 0 Å². The van der Waals surface area contributed by atoms with Gasteiger partial charge >= 0.3 is 0 Å². The third kappa shape index (κ3) is 1890. The fourth-order valence-corrected chi connectivity index (χ4v) is 0. The summed E-state index contributed by atoms with van der Waals surface area (Å²) in [5.74, 6) is 0. The summed E-state index contributed by atoms with van der Waals surface area (Å²) in [5.41, 5.74) is 0. The molecule has 0 atom stereocenters. The Morgan fingerprint density at radius 3 is 1.14 bits per heavy atom. The van der Waals surface area contributed by atoms with Gasteiger partial charge in [-0.1, -0.05) is 0 Å². The van der Waals surface area contributed by atoms with Crippen molar-refractivity contribution in [3.05, 3.63) is 0 Å². The highest BCUT2D eigenvalue weighted by molar-refractivity contribution is 7.79. The third-order valence-electron chi connectivity index (χ3n) is 0. The second-order valence-electron chi connectivity index (χ2n) is 0.408. The van der Waals surface area contributed by atoms with Gasteiger partial charge in [-0.3, -0.25) is 18.9 Å². The summed E-state index contributed by atoms with van der Waals surface area (Å²) in [6, 6.07) is 0. The van der Waals surface area contributed by atoms with Crippen LogP contribution in [0.3, 0.4) is 0 Å². The molecule has 7 heteroatoms. The highest BCUT2D eigenvalue weighted by atomic mass is 32.3. The quantitative estimate of drug-likeness (QED) is 0.181. The van der Waals surface area contributed by atoms with Crippen molar-refractivity contribution in [3.63, 3.8) is 0 Å². The largest absolute Gasteiger partial charge is 0.759 e. The van der Waals surface area contributed by atoms with Crippen LogP contribution in [0.15, 0.2) is 0 Å². The zero-order valence-corrected chi connectivity index (χ0v) is 3.75. The molecule has 0 radical (unpaired) electrons. The first-order valence-electron chi connectivity index (χ1n) is 0.867. The molecule has 0 aromatic rings. The van der Waals surface area contributed by atoms with Gasteiger partial charge in [0.1, 0.15) is 0 Å². The molecule has 0 fully saturated rings. The Bertz CT molecular complexity index is 87.3. The molecule has 7 heavy (non-hydrogen) atoms. The molecule has 0 spiro atoms. The molecule has 2 N–H and O–H groups in total. The molecule has 0 bridgehead atoms. The lowest BCUT2D eigenvalue weighted by Gasteiger charge is -2.06. The fourth-order valence-electron chi connectivity index (χ4n) is 0. The van der Waals surface area contributed by atoms with Gasteiger partial charge in [0.2, 0.25) is 0 Å². The first-order valence-corrected chi connectivity index (χ1v) is 2.20. The van der Waals surface area contributed by atoms with Crippen molar-refractivity contribution in [1.82, 2.24) is 0 Å². The van der Waals surface area contributed by atoms with Crippen molar-refractivity contribution in [2.24, 2.45) is 0 Å². The lowest BCUT2D eigenvalue weighted by molar-refractivity contribution is -0.176. The molecule has 0 amide bonds. The first-order chi connectivity index (χ1) is 3.00. The van der Waals surface area contributed by atoms with Gasteiger partial charge in [0.15, 0.2) is 0 Å². The van der Waals surface area contributed by atoms with E-state index in [0.717, 1.165) is 0 Å². The van der Waals surface area contributed by atoms with E-state index in [1.165, 1.54) is 0 Å². The van der Waals surface area contributed by atoms with Gasteiger partial charge in [-0.25, -0.2) is 0 Å². The van der Waals surface area contributed by atoms with E-state index in [4.69, 9.17) is 28.0 Å². The summed E-state index contributed by atoms with van der Waals surface area (Å²) in [5, 5.41) is 12.0. The van der Waals surface area contributed by atoms with Crippen LogP contribution in [0.25, 0.3) is 0 Å². The average Bonchev–Trinajstić information content (AvgIpc) is 1.36. The Kier molecular flexibility index (Phi) is 5.62. The van der Waals surface area contributed by atoms with Crippen LogP contribution in [0.5, 0.6) is 0 Å². The maximum Gasteiger partial charge on any atom is 0.0311 e. The van der Waals surface area contributed by atoms with E-state index in [1.54, 1.807) is 0 Å². The predicted octanol–water partition coefficient (Wildman–Crippen LogP) is -1.32. The molecule has 0 aliphatic carbocycles. The second kappa shape index (κ2) is 3.96. The van der Waals surface area contributed by atoms with Crippen LogP contribution in [0.1, 0.15) is 0 Å². The molecule has 0 aliphatic heterocycles. The lowest BCUT2D eigenvalue weighted by Crippen LogP contribution is -1.91. The molecule has 0 aromatic carbocycles. The Labute approximate surface area is 39.5 Å². The maximum absolute atomic E-state index is 8.52. The monoisotopic (exact) mass is 130 g/mol. The summed E-state index contributed by atoms with van der Waals surface area (Å²) in [6.07, 6.45) is 0.